The van der Waals surface area contributed by atoms with Crippen LogP contribution in [0.15, 0.2) is 23.5 Å². The fourth-order valence-electron chi connectivity index (χ4n) is 1.31. The predicted octanol–water partition coefficient (Wildman–Crippen LogP) is 1.42. The Morgan fingerprint density at radius 1 is 1.44 bits per heavy atom. The van der Waals surface area contributed by atoms with E-state index in [1.165, 1.54) is 0 Å². The number of aromatic nitrogens is 2. The molecule has 0 fully saturated rings. The fraction of sp³-hybridized carbons (Fsp3) is 0.636. The van der Waals surface area contributed by atoms with Gasteiger partial charge in [0.15, 0.2) is 5.96 Å². The minimum absolute atomic E-state index is 0. The molecule has 1 aromatic rings. The highest BCUT2D eigenvalue weighted by atomic mass is 127. The van der Waals surface area contributed by atoms with Crippen molar-refractivity contribution in [2.45, 2.75) is 13.5 Å². The molecule has 0 aliphatic rings. The first-order valence-electron chi connectivity index (χ1n) is 5.85. The zero-order valence-corrected chi connectivity index (χ0v) is 14.1. The Labute approximate surface area is 130 Å². The second-order valence-corrected chi connectivity index (χ2v) is 4.43. The maximum Gasteiger partial charge on any atom is 0.191 e. The molecule has 18 heavy (non-hydrogen) atoms. The fourth-order valence-corrected chi connectivity index (χ4v) is 1.59. The van der Waals surface area contributed by atoms with Crippen molar-refractivity contribution in [1.29, 1.82) is 0 Å². The molecule has 104 valence electrons. The lowest BCUT2D eigenvalue weighted by Gasteiger charge is -2.11. The molecule has 0 amide bonds. The quantitative estimate of drug-likeness (QED) is 0.324. The Kier molecular flexibility index (Phi) is 11.4. The molecule has 7 heteroatoms. The van der Waals surface area contributed by atoms with Gasteiger partial charge in [-0.1, -0.05) is 0 Å². The smallest absolute Gasteiger partial charge is 0.191 e. The largest absolute Gasteiger partial charge is 0.357 e. The highest BCUT2D eigenvalue weighted by Crippen LogP contribution is 1.90. The molecule has 0 radical (unpaired) electrons. The molecule has 0 atom stereocenters. The molecule has 0 bridgehead atoms. The van der Waals surface area contributed by atoms with Crippen LogP contribution in [0.4, 0.5) is 0 Å². The molecule has 0 saturated heterocycles. The summed E-state index contributed by atoms with van der Waals surface area (Å²) < 4.78 is 1.90. The lowest BCUT2D eigenvalue weighted by atomic mass is 10.6. The van der Waals surface area contributed by atoms with E-state index in [-0.39, 0.29) is 24.0 Å². The van der Waals surface area contributed by atoms with Crippen molar-refractivity contribution in [3.8, 4) is 0 Å². The van der Waals surface area contributed by atoms with Crippen molar-refractivity contribution >= 4 is 41.7 Å². The Bertz CT molecular complexity index is 315. The summed E-state index contributed by atoms with van der Waals surface area (Å²) in [7, 11) is 0. The van der Waals surface area contributed by atoms with Gasteiger partial charge in [0.25, 0.3) is 0 Å². The van der Waals surface area contributed by atoms with Crippen LogP contribution in [-0.2, 0) is 6.54 Å². The molecule has 1 heterocycles. The topological polar surface area (TPSA) is 54.2 Å². The van der Waals surface area contributed by atoms with Crippen LogP contribution in [0, 0.1) is 0 Å². The van der Waals surface area contributed by atoms with Crippen LogP contribution in [0.2, 0.25) is 0 Å². The van der Waals surface area contributed by atoms with Crippen LogP contribution < -0.4 is 10.6 Å². The van der Waals surface area contributed by atoms with Gasteiger partial charge in [-0.05, 0) is 19.2 Å². The molecule has 1 aromatic heterocycles. The summed E-state index contributed by atoms with van der Waals surface area (Å²) in [5.74, 6) is 1.93. The number of thioether (sulfide) groups is 1. The van der Waals surface area contributed by atoms with Gasteiger partial charge in [0, 0.05) is 31.2 Å². The summed E-state index contributed by atoms with van der Waals surface area (Å²) in [4.78, 5) is 4.47. The van der Waals surface area contributed by atoms with Gasteiger partial charge in [0.2, 0.25) is 0 Å². The van der Waals surface area contributed by atoms with E-state index in [0.717, 1.165) is 37.9 Å². The Morgan fingerprint density at radius 3 is 2.89 bits per heavy atom. The molecule has 0 spiro atoms. The summed E-state index contributed by atoms with van der Waals surface area (Å²) in [5.41, 5.74) is 0. The molecule has 5 nitrogen and oxygen atoms in total. The molecular weight excluding hydrogens is 361 g/mol. The van der Waals surface area contributed by atoms with Gasteiger partial charge < -0.3 is 10.6 Å². The van der Waals surface area contributed by atoms with E-state index in [9.17, 15) is 0 Å². The lowest BCUT2D eigenvalue weighted by molar-refractivity contribution is 0.598. The predicted molar refractivity (Wildman–Crippen MR) is 90.0 cm³/mol. The molecule has 1 rings (SSSR count). The summed E-state index contributed by atoms with van der Waals surface area (Å²) >= 11 is 1.81. The van der Waals surface area contributed by atoms with Crippen LogP contribution >= 0.6 is 35.7 Å². The molecule has 0 saturated carbocycles. The average Bonchev–Trinajstić information content (AvgIpc) is 2.82. The molecule has 0 aromatic carbocycles. The van der Waals surface area contributed by atoms with Gasteiger partial charge in [-0.25, -0.2) is 0 Å². The second kappa shape index (κ2) is 11.6. The van der Waals surface area contributed by atoms with Crippen molar-refractivity contribution in [2.24, 2.45) is 4.99 Å². The standard InChI is InChI=1S/C11H21N5S.HI/c1-3-12-11(14-7-10-17-2)13-6-9-16-8-4-5-15-16;/h4-5,8H,3,6-7,9-10H2,1-2H3,(H2,12,13,14);1H. The SMILES string of the molecule is CCNC(=NCCSC)NCCn1cccn1.I. The van der Waals surface area contributed by atoms with Crippen LogP contribution in [0.1, 0.15) is 6.92 Å². The van der Waals surface area contributed by atoms with E-state index in [1.54, 1.807) is 18.0 Å². The Balaban J connectivity index is 0.00000289. The molecule has 0 aliphatic carbocycles. The summed E-state index contributed by atoms with van der Waals surface area (Å²) in [5, 5.41) is 10.7. The zero-order valence-electron chi connectivity index (χ0n) is 10.9. The van der Waals surface area contributed by atoms with Crippen LogP contribution in [0.25, 0.3) is 0 Å². The number of halogens is 1. The minimum Gasteiger partial charge on any atom is -0.357 e. The number of nitrogens with zero attached hydrogens (tertiary/aromatic N) is 3. The number of aliphatic imine (C=N–C) groups is 1. The van der Waals surface area contributed by atoms with Gasteiger partial charge in [0.05, 0.1) is 13.1 Å². The lowest BCUT2D eigenvalue weighted by Crippen LogP contribution is -2.39. The van der Waals surface area contributed by atoms with Gasteiger partial charge in [-0.2, -0.15) is 16.9 Å². The van der Waals surface area contributed by atoms with E-state index in [4.69, 9.17) is 0 Å². The van der Waals surface area contributed by atoms with Crippen molar-refractivity contribution in [2.75, 3.05) is 31.6 Å². The number of guanidine groups is 1. The molecule has 2 N–H and O–H groups in total. The van der Waals surface area contributed by atoms with Crippen LogP contribution in [-0.4, -0.2) is 47.4 Å². The maximum absolute atomic E-state index is 4.47. The third-order valence-electron chi connectivity index (χ3n) is 2.10. The molecular formula is C11H22IN5S. The maximum atomic E-state index is 4.47. The van der Waals surface area contributed by atoms with Gasteiger partial charge in [-0.3, -0.25) is 9.67 Å². The van der Waals surface area contributed by atoms with Gasteiger partial charge >= 0.3 is 0 Å². The van der Waals surface area contributed by atoms with E-state index in [2.05, 4.69) is 33.9 Å². The highest BCUT2D eigenvalue weighted by molar-refractivity contribution is 14.0. The van der Waals surface area contributed by atoms with E-state index in [0.29, 0.717) is 0 Å². The molecule has 0 unspecified atom stereocenters. The third-order valence-corrected chi connectivity index (χ3v) is 2.69. The first-order valence-corrected chi connectivity index (χ1v) is 7.24. The number of rotatable bonds is 7. The van der Waals surface area contributed by atoms with Crippen LogP contribution in [0.5, 0.6) is 0 Å². The Morgan fingerprint density at radius 2 is 2.28 bits per heavy atom. The second-order valence-electron chi connectivity index (χ2n) is 3.45. The van der Waals surface area contributed by atoms with E-state index >= 15 is 0 Å². The first kappa shape index (κ1) is 17.6. The number of hydrogen-bond acceptors (Lipinski definition) is 3. The zero-order chi connectivity index (χ0) is 12.3. The Hall–Kier alpha value is -0.440. The van der Waals surface area contributed by atoms with Crippen LogP contribution in [0.3, 0.4) is 0 Å². The van der Waals surface area contributed by atoms with E-state index in [1.807, 2.05) is 16.9 Å². The summed E-state index contributed by atoms with van der Waals surface area (Å²) in [6, 6.07) is 1.93. The number of nitrogens with one attached hydrogen (secondary N) is 2. The average molecular weight is 383 g/mol. The minimum atomic E-state index is 0. The normalized spacial score (nSPS) is 10.9. The molecule has 0 aliphatic heterocycles. The highest BCUT2D eigenvalue weighted by Gasteiger charge is 1.96. The van der Waals surface area contributed by atoms with Crippen molar-refractivity contribution in [3.63, 3.8) is 0 Å². The van der Waals surface area contributed by atoms with Crippen molar-refractivity contribution < 1.29 is 0 Å². The first-order chi connectivity index (χ1) is 8.36. The van der Waals surface area contributed by atoms with Crippen molar-refractivity contribution in [1.82, 2.24) is 20.4 Å². The third kappa shape index (κ3) is 7.80. The number of hydrogen-bond donors (Lipinski definition) is 2. The van der Waals surface area contributed by atoms with E-state index < -0.39 is 0 Å². The van der Waals surface area contributed by atoms with Gasteiger partial charge in [0.1, 0.15) is 0 Å². The van der Waals surface area contributed by atoms with Gasteiger partial charge in [-0.15, -0.1) is 24.0 Å². The van der Waals surface area contributed by atoms with Crippen molar-refractivity contribution in [3.05, 3.63) is 18.5 Å². The summed E-state index contributed by atoms with van der Waals surface area (Å²) in [6.45, 7) is 5.47. The summed E-state index contributed by atoms with van der Waals surface area (Å²) in [6.07, 6.45) is 5.84. The monoisotopic (exact) mass is 383 g/mol.